The third-order valence-electron chi connectivity index (χ3n) is 2.73. The number of rotatable bonds is 7. The number of benzene rings is 2. The second-order valence-electron chi connectivity index (χ2n) is 4.31. The van der Waals surface area contributed by atoms with Gasteiger partial charge < -0.3 is 9.84 Å². The van der Waals surface area contributed by atoms with Crippen molar-refractivity contribution < 1.29 is 14.6 Å². The van der Waals surface area contributed by atoms with Crippen LogP contribution in [-0.4, -0.2) is 23.4 Å². The SMILES string of the molecule is O=C(O)c1ccc(Br)cc1SCCCOc1ccccc1. The predicted octanol–water partition coefficient (Wildman–Crippen LogP) is 4.71. The molecule has 0 unspecified atom stereocenters. The van der Waals surface area contributed by atoms with E-state index in [4.69, 9.17) is 9.84 Å². The van der Waals surface area contributed by atoms with E-state index in [0.717, 1.165) is 27.3 Å². The number of carboxylic acid groups (broad SMARTS) is 1. The first-order valence-corrected chi connectivity index (χ1v) is 8.28. The van der Waals surface area contributed by atoms with Crippen LogP contribution in [0.15, 0.2) is 57.9 Å². The molecule has 0 atom stereocenters. The molecule has 0 radical (unpaired) electrons. The molecule has 1 N–H and O–H groups in total. The van der Waals surface area contributed by atoms with Crippen molar-refractivity contribution in [1.29, 1.82) is 0 Å². The van der Waals surface area contributed by atoms with Gasteiger partial charge in [0.1, 0.15) is 5.75 Å². The van der Waals surface area contributed by atoms with Crippen LogP contribution in [0, 0.1) is 0 Å². The van der Waals surface area contributed by atoms with E-state index in [1.807, 2.05) is 36.4 Å². The van der Waals surface area contributed by atoms with Crippen molar-refractivity contribution in [1.82, 2.24) is 0 Å². The number of carbonyl (C=O) groups is 1. The molecule has 0 aliphatic rings. The van der Waals surface area contributed by atoms with Crippen LogP contribution in [0.3, 0.4) is 0 Å². The number of para-hydroxylation sites is 1. The molecule has 0 saturated heterocycles. The fraction of sp³-hybridized carbons (Fsp3) is 0.188. The third-order valence-corrected chi connectivity index (χ3v) is 4.37. The van der Waals surface area contributed by atoms with E-state index in [1.54, 1.807) is 12.1 Å². The van der Waals surface area contributed by atoms with Crippen molar-refractivity contribution in [3.63, 3.8) is 0 Å². The molecule has 0 aliphatic heterocycles. The quantitative estimate of drug-likeness (QED) is 0.569. The van der Waals surface area contributed by atoms with Crippen LogP contribution in [-0.2, 0) is 0 Å². The topological polar surface area (TPSA) is 46.5 Å². The number of carboxylic acids is 1. The van der Waals surface area contributed by atoms with Gasteiger partial charge in [0.25, 0.3) is 0 Å². The van der Waals surface area contributed by atoms with Crippen LogP contribution in [0.25, 0.3) is 0 Å². The molecule has 2 aromatic rings. The normalized spacial score (nSPS) is 10.3. The van der Waals surface area contributed by atoms with Gasteiger partial charge >= 0.3 is 5.97 Å². The summed E-state index contributed by atoms with van der Waals surface area (Å²) in [5, 5.41) is 9.15. The largest absolute Gasteiger partial charge is 0.494 e. The smallest absolute Gasteiger partial charge is 0.336 e. The minimum absolute atomic E-state index is 0.340. The van der Waals surface area contributed by atoms with Crippen LogP contribution in [0.5, 0.6) is 5.75 Å². The molecule has 0 bridgehead atoms. The molecule has 0 amide bonds. The summed E-state index contributed by atoms with van der Waals surface area (Å²) >= 11 is 4.90. The lowest BCUT2D eigenvalue weighted by Gasteiger charge is -2.08. The van der Waals surface area contributed by atoms with Gasteiger partial charge in [0, 0.05) is 15.1 Å². The monoisotopic (exact) mass is 366 g/mol. The molecule has 5 heteroatoms. The average Bonchev–Trinajstić information content (AvgIpc) is 2.48. The first-order chi connectivity index (χ1) is 10.2. The minimum Gasteiger partial charge on any atom is -0.494 e. The van der Waals surface area contributed by atoms with E-state index in [0.29, 0.717) is 12.2 Å². The Balaban J connectivity index is 1.81. The summed E-state index contributed by atoms with van der Waals surface area (Å²) in [4.78, 5) is 11.9. The fourth-order valence-corrected chi connectivity index (χ4v) is 3.26. The van der Waals surface area contributed by atoms with Crippen LogP contribution >= 0.6 is 27.7 Å². The van der Waals surface area contributed by atoms with E-state index in [9.17, 15) is 4.79 Å². The lowest BCUT2D eigenvalue weighted by Crippen LogP contribution is -2.01. The van der Waals surface area contributed by atoms with E-state index < -0.39 is 5.97 Å². The van der Waals surface area contributed by atoms with Crippen LogP contribution in [0.1, 0.15) is 16.8 Å². The summed E-state index contributed by atoms with van der Waals surface area (Å²) in [5.41, 5.74) is 0.340. The van der Waals surface area contributed by atoms with E-state index >= 15 is 0 Å². The van der Waals surface area contributed by atoms with Crippen LogP contribution < -0.4 is 4.74 Å². The number of hydrogen-bond acceptors (Lipinski definition) is 3. The molecule has 2 rings (SSSR count). The van der Waals surface area contributed by atoms with Gasteiger partial charge in [0.05, 0.1) is 12.2 Å². The summed E-state index contributed by atoms with van der Waals surface area (Å²) in [7, 11) is 0. The number of hydrogen-bond donors (Lipinski definition) is 1. The summed E-state index contributed by atoms with van der Waals surface area (Å²) < 4.78 is 6.49. The Morgan fingerprint density at radius 3 is 2.67 bits per heavy atom. The summed E-state index contributed by atoms with van der Waals surface area (Å²) in [5.74, 6) is 0.769. The van der Waals surface area contributed by atoms with E-state index in [1.165, 1.54) is 11.8 Å². The maximum absolute atomic E-state index is 11.2. The summed E-state index contributed by atoms with van der Waals surface area (Å²) in [6.07, 6.45) is 0.852. The zero-order chi connectivity index (χ0) is 15.1. The van der Waals surface area contributed by atoms with Gasteiger partial charge in [-0.15, -0.1) is 11.8 Å². The van der Waals surface area contributed by atoms with Crippen molar-refractivity contribution in [2.75, 3.05) is 12.4 Å². The van der Waals surface area contributed by atoms with Crippen LogP contribution in [0.4, 0.5) is 0 Å². The molecule has 3 nitrogen and oxygen atoms in total. The number of ether oxygens (including phenoxy) is 1. The zero-order valence-corrected chi connectivity index (χ0v) is 13.7. The van der Waals surface area contributed by atoms with Crippen LogP contribution in [0.2, 0.25) is 0 Å². The van der Waals surface area contributed by atoms with Gasteiger partial charge in [0.2, 0.25) is 0 Å². The minimum atomic E-state index is -0.898. The Morgan fingerprint density at radius 1 is 1.19 bits per heavy atom. The molecule has 0 aliphatic carbocycles. The summed E-state index contributed by atoms with van der Waals surface area (Å²) in [6, 6.07) is 14.9. The van der Waals surface area contributed by atoms with E-state index in [2.05, 4.69) is 15.9 Å². The zero-order valence-electron chi connectivity index (χ0n) is 11.3. The predicted molar refractivity (Wildman–Crippen MR) is 88.4 cm³/mol. The van der Waals surface area contributed by atoms with Crippen molar-refractivity contribution in [3.05, 3.63) is 58.6 Å². The molecule has 21 heavy (non-hydrogen) atoms. The average molecular weight is 367 g/mol. The Hall–Kier alpha value is -1.46. The highest BCUT2D eigenvalue weighted by Crippen LogP contribution is 2.27. The molecule has 0 heterocycles. The van der Waals surface area contributed by atoms with E-state index in [-0.39, 0.29) is 0 Å². The van der Waals surface area contributed by atoms with Gasteiger partial charge in [0.15, 0.2) is 0 Å². The highest BCUT2D eigenvalue weighted by Gasteiger charge is 2.10. The first-order valence-electron chi connectivity index (χ1n) is 6.50. The Bertz CT molecular complexity index is 602. The number of thioether (sulfide) groups is 1. The molecule has 0 fully saturated rings. The van der Waals surface area contributed by atoms with Crippen molar-refractivity contribution >= 4 is 33.7 Å². The third kappa shape index (κ3) is 5.10. The molecule has 2 aromatic carbocycles. The summed E-state index contributed by atoms with van der Waals surface area (Å²) in [6.45, 7) is 0.618. The highest BCUT2D eigenvalue weighted by molar-refractivity contribution is 9.10. The van der Waals surface area contributed by atoms with Gasteiger partial charge in [-0.2, -0.15) is 0 Å². The van der Waals surface area contributed by atoms with Crippen molar-refractivity contribution in [3.8, 4) is 5.75 Å². The molecule has 0 saturated carbocycles. The maximum atomic E-state index is 11.2. The second kappa shape index (κ2) is 8.10. The molecule has 110 valence electrons. The lowest BCUT2D eigenvalue weighted by atomic mass is 10.2. The standard InChI is InChI=1S/C16H15BrO3S/c17-12-7-8-14(16(18)19)15(11-12)21-10-4-9-20-13-5-2-1-3-6-13/h1-3,5-8,11H,4,9-10H2,(H,18,19). The highest BCUT2D eigenvalue weighted by atomic mass is 79.9. The Kier molecular flexibility index (Phi) is 6.14. The Labute approximate surface area is 136 Å². The molecule has 0 aromatic heterocycles. The van der Waals surface area contributed by atoms with Gasteiger partial charge in [-0.3, -0.25) is 0 Å². The van der Waals surface area contributed by atoms with Crippen molar-refractivity contribution in [2.24, 2.45) is 0 Å². The number of halogens is 1. The van der Waals surface area contributed by atoms with Gasteiger partial charge in [-0.25, -0.2) is 4.79 Å². The van der Waals surface area contributed by atoms with Crippen molar-refractivity contribution in [2.45, 2.75) is 11.3 Å². The molecular formula is C16H15BrO3S. The lowest BCUT2D eigenvalue weighted by molar-refractivity contribution is 0.0693. The Morgan fingerprint density at radius 2 is 1.95 bits per heavy atom. The molecule has 0 spiro atoms. The molecular weight excluding hydrogens is 352 g/mol. The fourth-order valence-electron chi connectivity index (χ4n) is 1.74. The first kappa shape index (κ1) is 15.9. The second-order valence-corrected chi connectivity index (χ2v) is 6.36. The van der Waals surface area contributed by atoms with Gasteiger partial charge in [-0.05, 0) is 36.8 Å². The van der Waals surface area contributed by atoms with Gasteiger partial charge in [-0.1, -0.05) is 34.1 Å². The number of aromatic carboxylic acids is 1. The maximum Gasteiger partial charge on any atom is 0.336 e.